The molecule has 150 valence electrons. The Morgan fingerprint density at radius 3 is 2.41 bits per heavy atom. The number of Topliss-reactive ketones (excluding diaryl/α,β-unsaturated/α-hetero) is 1. The maximum Gasteiger partial charge on any atom is 0.344 e. The molecule has 1 heterocycles. The lowest BCUT2D eigenvalue weighted by Crippen LogP contribution is -2.27. The van der Waals surface area contributed by atoms with Gasteiger partial charge < -0.3 is 13.9 Å². The van der Waals surface area contributed by atoms with E-state index in [9.17, 15) is 14.4 Å². The molecule has 6 heteroatoms. The molecule has 0 bridgehead atoms. The molecule has 3 aromatic rings. The minimum atomic E-state index is -0.929. The second-order valence-electron chi connectivity index (χ2n) is 6.99. The van der Waals surface area contributed by atoms with E-state index in [-0.39, 0.29) is 12.4 Å². The number of carbonyl (C=O) groups is 2. The van der Waals surface area contributed by atoms with Crippen LogP contribution in [0.15, 0.2) is 51.7 Å². The molecule has 0 fully saturated rings. The first-order chi connectivity index (χ1) is 13.7. The number of rotatable bonds is 6. The molecular formula is C23H22O6. The lowest BCUT2D eigenvalue weighted by Gasteiger charge is -2.15. The summed E-state index contributed by atoms with van der Waals surface area (Å²) in [4.78, 5) is 36.1. The molecule has 0 spiro atoms. The van der Waals surface area contributed by atoms with Gasteiger partial charge in [0.05, 0.1) is 0 Å². The van der Waals surface area contributed by atoms with E-state index in [4.69, 9.17) is 13.9 Å². The standard InChI is InChI=1S/C23H22O6/c1-13-9-15(3)19(10-14(13)2)23(26)16(4)28-22(25)12-27-18-7-5-17-6-8-21(24)29-20(17)11-18/h5-11,16H,12H2,1-4H3. The maximum absolute atomic E-state index is 12.7. The van der Waals surface area contributed by atoms with Crippen LogP contribution >= 0.6 is 0 Å². The van der Waals surface area contributed by atoms with Crippen molar-refractivity contribution in [2.24, 2.45) is 0 Å². The molecule has 6 nitrogen and oxygen atoms in total. The number of ether oxygens (including phenoxy) is 2. The predicted octanol–water partition coefficient (Wildman–Crippen LogP) is 3.91. The summed E-state index contributed by atoms with van der Waals surface area (Å²) in [6.07, 6.45) is -0.929. The first-order valence-electron chi connectivity index (χ1n) is 9.23. The van der Waals surface area contributed by atoms with Crippen LogP contribution in [0.1, 0.15) is 34.0 Å². The van der Waals surface area contributed by atoms with E-state index in [1.54, 1.807) is 25.1 Å². The van der Waals surface area contributed by atoms with Crippen LogP contribution in [0.3, 0.4) is 0 Å². The predicted molar refractivity (Wildman–Crippen MR) is 109 cm³/mol. The van der Waals surface area contributed by atoms with E-state index in [2.05, 4.69) is 0 Å². The van der Waals surface area contributed by atoms with Crippen LogP contribution in [-0.2, 0) is 9.53 Å². The monoisotopic (exact) mass is 394 g/mol. The van der Waals surface area contributed by atoms with Gasteiger partial charge in [0.25, 0.3) is 0 Å². The Kier molecular flexibility index (Phi) is 5.82. The van der Waals surface area contributed by atoms with Gasteiger partial charge in [-0.05, 0) is 68.7 Å². The Bertz CT molecular complexity index is 1140. The van der Waals surface area contributed by atoms with Crippen LogP contribution in [-0.4, -0.2) is 24.5 Å². The number of esters is 1. The van der Waals surface area contributed by atoms with Gasteiger partial charge in [0.1, 0.15) is 11.3 Å². The molecule has 0 N–H and O–H groups in total. The zero-order valence-electron chi connectivity index (χ0n) is 16.8. The summed E-state index contributed by atoms with van der Waals surface area (Å²) in [5.41, 5.74) is 3.38. The van der Waals surface area contributed by atoms with E-state index >= 15 is 0 Å². The summed E-state index contributed by atoms with van der Waals surface area (Å²) >= 11 is 0. The Morgan fingerprint density at radius 2 is 1.66 bits per heavy atom. The molecule has 0 aliphatic heterocycles. The van der Waals surface area contributed by atoms with Crippen LogP contribution in [0.4, 0.5) is 0 Å². The average molecular weight is 394 g/mol. The number of carbonyl (C=O) groups excluding carboxylic acids is 2. The van der Waals surface area contributed by atoms with Gasteiger partial charge in [-0.2, -0.15) is 0 Å². The van der Waals surface area contributed by atoms with Crippen molar-refractivity contribution < 1.29 is 23.5 Å². The molecule has 3 rings (SSSR count). The van der Waals surface area contributed by atoms with E-state index in [1.165, 1.54) is 12.1 Å². The molecule has 1 unspecified atom stereocenters. The van der Waals surface area contributed by atoms with Crippen LogP contribution < -0.4 is 10.4 Å². The third-order valence-electron chi connectivity index (χ3n) is 4.73. The first kappa shape index (κ1) is 20.3. The van der Waals surface area contributed by atoms with Gasteiger partial charge in [-0.25, -0.2) is 9.59 Å². The van der Waals surface area contributed by atoms with Crippen LogP contribution in [0.5, 0.6) is 5.75 Å². The Hall–Kier alpha value is -3.41. The van der Waals surface area contributed by atoms with Crippen molar-refractivity contribution in [2.75, 3.05) is 6.61 Å². The van der Waals surface area contributed by atoms with Crippen molar-refractivity contribution >= 4 is 22.7 Å². The fraction of sp³-hybridized carbons (Fsp3) is 0.261. The average Bonchev–Trinajstić information content (AvgIpc) is 2.68. The second-order valence-corrected chi connectivity index (χ2v) is 6.99. The molecule has 0 aliphatic carbocycles. The van der Waals surface area contributed by atoms with E-state index in [0.717, 1.165) is 22.1 Å². The Balaban J connectivity index is 1.62. The molecule has 0 saturated carbocycles. The highest BCUT2D eigenvalue weighted by molar-refractivity contribution is 6.01. The van der Waals surface area contributed by atoms with Crippen molar-refractivity contribution in [3.05, 3.63) is 75.1 Å². The number of ketones is 1. The lowest BCUT2D eigenvalue weighted by molar-refractivity contribution is -0.148. The van der Waals surface area contributed by atoms with Crippen molar-refractivity contribution in [3.8, 4) is 5.75 Å². The Labute approximate surface area is 168 Å². The highest BCUT2D eigenvalue weighted by Gasteiger charge is 2.22. The Morgan fingerprint density at radius 1 is 0.966 bits per heavy atom. The fourth-order valence-corrected chi connectivity index (χ4v) is 3.00. The van der Waals surface area contributed by atoms with Gasteiger partial charge in [0.15, 0.2) is 12.7 Å². The van der Waals surface area contributed by atoms with Crippen molar-refractivity contribution in [1.29, 1.82) is 0 Å². The van der Waals surface area contributed by atoms with Crippen LogP contribution in [0.2, 0.25) is 0 Å². The smallest absolute Gasteiger partial charge is 0.344 e. The summed E-state index contributed by atoms with van der Waals surface area (Å²) in [5, 5.41) is 0.738. The summed E-state index contributed by atoms with van der Waals surface area (Å²) in [6.45, 7) is 6.94. The third kappa shape index (κ3) is 4.71. The number of benzene rings is 2. The van der Waals surface area contributed by atoms with E-state index in [0.29, 0.717) is 16.9 Å². The van der Waals surface area contributed by atoms with Crippen molar-refractivity contribution in [2.45, 2.75) is 33.8 Å². The van der Waals surface area contributed by atoms with E-state index < -0.39 is 17.7 Å². The minimum Gasteiger partial charge on any atom is -0.482 e. The van der Waals surface area contributed by atoms with Crippen molar-refractivity contribution in [3.63, 3.8) is 0 Å². The third-order valence-corrected chi connectivity index (χ3v) is 4.73. The molecular weight excluding hydrogens is 372 g/mol. The number of hydrogen-bond donors (Lipinski definition) is 0. The molecule has 0 radical (unpaired) electrons. The zero-order chi connectivity index (χ0) is 21.1. The molecule has 29 heavy (non-hydrogen) atoms. The van der Waals surface area contributed by atoms with Crippen LogP contribution in [0, 0.1) is 20.8 Å². The normalized spacial score (nSPS) is 11.9. The maximum atomic E-state index is 12.7. The van der Waals surface area contributed by atoms with Crippen molar-refractivity contribution in [1.82, 2.24) is 0 Å². The van der Waals surface area contributed by atoms with Crippen LogP contribution in [0.25, 0.3) is 11.0 Å². The summed E-state index contributed by atoms with van der Waals surface area (Å²) in [5.74, 6) is -0.568. The molecule has 0 saturated heterocycles. The van der Waals surface area contributed by atoms with Gasteiger partial charge in [-0.15, -0.1) is 0 Å². The lowest BCUT2D eigenvalue weighted by atomic mass is 9.96. The number of hydrogen-bond acceptors (Lipinski definition) is 6. The fourth-order valence-electron chi connectivity index (χ4n) is 3.00. The van der Waals surface area contributed by atoms with Gasteiger partial charge in [-0.1, -0.05) is 6.07 Å². The first-order valence-corrected chi connectivity index (χ1v) is 9.23. The molecule has 0 amide bonds. The van der Waals surface area contributed by atoms with Gasteiger partial charge in [-0.3, -0.25) is 4.79 Å². The minimum absolute atomic E-state index is 0.258. The molecule has 1 atom stereocenters. The van der Waals surface area contributed by atoms with Gasteiger partial charge >= 0.3 is 11.6 Å². The highest BCUT2D eigenvalue weighted by atomic mass is 16.6. The summed E-state index contributed by atoms with van der Waals surface area (Å²) in [7, 11) is 0. The summed E-state index contributed by atoms with van der Waals surface area (Å²) in [6, 6.07) is 11.6. The molecule has 0 aliphatic rings. The number of fused-ring (bicyclic) bond motifs is 1. The highest BCUT2D eigenvalue weighted by Crippen LogP contribution is 2.20. The zero-order valence-corrected chi connectivity index (χ0v) is 16.8. The largest absolute Gasteiger partial charge is 0.482 e. The molecule has 1 aromatic heterocycles. The topological polar surface area (TPSA) is 82.8 Å². The van der Waals surface area contributed by atoms with E-state index in [1.807, 2.05) is 32.9 Å². The molecule has 2 aromatic carbocycles. The summed E-state index contributed by atoms with van der Waals surface area (Å²) < 4.78 is 15.7. The van der Waals surface area contributed by atoms with Gasteiger partial charge in [0.2, 0.25) is 5.78 Å². The van der Waals surface area contributed by atoms with Gasteiger partial charge in [0, 0.05) is 23.1 Å². The SMILES string of the molecule is Cc1cc(C)c(C(=O)C(C)OC(=O)COc2ccc3ccc(=O)oc3c2)cc1C. The quantitative estimate of drug-likeness (QED) is 0.358. The number of aryl methyl sites for hydroxylation is 3. The second kappa shape index (κ2) is 8.31.